The third-order valence-corrected chi connectivity index (χ3v) is 5.20. The van der Waals surface area contributed by atoms with E-state index >= 15 is 0 Å². The highest BCUT2D eigenvalue weighted by molar-refractivity contribution is 7.08. The summed E-state index contributed by atoms with van der Waals surface area (Å²) in [4.78, 5) is 14.6. The van der Waals surface area contributed by atoms with Gasteiger partial charge in [-0.3, -0.25) is 4.79 Å². The van der Waals surface area contributed by atoms with Crippen molar-refractivity contribution in [2.45, 2.75) is 12.5 Å². The predicted octanol–water partition coefficient (Wildman–Crippen LogP) is 4.39. The fourth-order valence-corrected chi connectivity index (χ4v) is 4.14. The van der Waals surface area contributed by atoms with Gasteiger partial charge in [0.25, 0.3) is 5.91 Å². The Morgan fingerprint density at radius 3 is 2.48 bits per heavy atom. The number of hydrogen-bond donors (Lipinski definition) is 0. The second-order valence-electron chi connectivity index (χ2n) is 6.16. The second-order valence-corrected chi connectivity index (χ2v) is 6.90. The van der Waals surface area contributed by atoms with Gasteiger partial charge in [-0.2, -0.15) is 0 Å². The molecule has 0 saturated carbocycles. The first kappa shape index (κ1) is 16.1. The SMILES string of the molecule is O=C1COCC(Cc2ccccc2)N1c1cscc1-c1ccccc1. The number of thiophene rings is 1. The van der Waals surface area contributed by atoms with Crippen LogP contribution in [0.25, 0.3) is 11.1 Å². The summed E-state index contributed by atoms with van der Waals surface area (Å²) >= 11 is 1.63. The molecule has 4 rings (SSSR count). The highest BCUT2D eigenvalue weighted by atomic mass is 32.1. The third-order valence-electron chi connectivity index (χ3n) is 4.47. The maximum Gasteiger partial charge on any atom is 0.253 e. The molecule has 0 spiro atoms. The molecule has 1 unspecified atom stereocenters. The van der Waals surface area contributed by atoms with Crippen LogP contribution in [0.1, 0.15) is 5.56 Å². The average Bonchev–Trinajstić information content (AvgIpc) is 3.13. The van der Waals surface area contributed by atoms with E-state index in [4.69, 9.17) is 4.74 Å². The van der Waals surface area contributed by atoms with E-state index in [2.05, 4.69) is 35.0 Å². The number of morpholine rings is 1. The van der Waals surface area contributed by atoms with Crippen molar-refractivity contribution < 1.29 is 9.53 Å². The molecule has 1 aliphatic rings. The fraction of sp³-hybridized carbons (Fsp3) is 0.190. The van der Waals surface area contributed by atoms with Crippen LogP contribution in [0.5, 0.6) is 0 Å². The highest BCUT2D eigenvalue weighted by Gasteiger charge is 2.32. The summed E-state index contributed by atoms with van der Waals surface area (Å²) in [5.41, 5.74) is 4.45. The smallest absolute Gasteiger partial charge is 0.253 e. The second kappa shape index (κ2) is 7.21. The minimum atomic E-state index is 0.0145. The zero-order chi connectivity index (χ0) is 17.1. The summed E-state index contributed by atoms with van der Waals surface area (Å²) in [7, 11) is 0. The van der Waals surface area contributed by atoms with Gasteiger partial charge in [0.2, 0.25) is 0 Å². The summed E-state index contributed by atoms with van der Waals surface area (Å²) in [5, 5.41) is 4.19. The number of carbonyl (C=O) groups is 1. The van der Waals surface area contributed by atoms with Crippen LogP contribution in [0, 0.1) is 0 Å². The van der Waals surface area contributed by atoms with Crippen molar-refractivity contribution in [2.24, 2.45) is 0 Å². The molecule has 25 heavy (non-hydrogen) atoms. The van der Waals surface area contributed by atoms with Crippen molar-refractivity contribution in [2.75, 3.05) is 18.1 Å². The molecular formula is C21H19NO2S. The van der Waals surface area contributed by atoms with Crippen molar-refractivity contribution in [1.82, 2.24) is 0 Å². The minimum absolute atomic E-state index is 0.0145. The Bertz CT molecular complexity index is 845. The van der Waals surface area contributed by atoms with Crippen LogP contribution in [0.2, 0.25) is 0 Å². The summed E-state index contributed by atoms with van der Waals surface area (Å²) in [5.74, 6) is 0.0303. The van der Waals surface area contributed by atoms with E-state index in [1.54, 1.807) is 11.3 Å². The molecule has 0 aliphatic carbocycles. The van der Waals surface area contributed by atoms with Gasteiger partial charge in [0, 0.05) is 16.3 Å². The van der Waals surface area contributed by atoms with E-state index in [9.17, 15) is 4.79 Å². The Hall–Kier alpha value is -2.43. The maximum atomic E-state index is 12.7. The van der Waals surface area contributed by atoms with Gasteiger partial charge in [-0.25, -0.2) is 0 Å². The lowest BCUT2D eigenvalue weighted by Crippen LogP contribution is -2.50. The summed E-state index contributed by atoms with van der Waals surface area (Å²) < 4.78 is 5.55. The lowest BCUT2D eigenvalue weighted by atomic mass is 10.0. The van der Waals surface area contributed by atoms with Crippen LogP contribution in [0.15, 0.2) is 71.4 Å². The van der Waals surface area contributed by atoms with Crippen molar-refractivity contribution in [1.29, 1.82) is 0 Å². The summed E-state index contributed by atoms with van der Waals surface area (Å²) in [6, 6.07) is 20.5. The first-order valence-electron chi connectivity index (χ1n) is 8.38. The third kappa shape index (κ3) is 3.36. The van der Waals surface area contributed by atoms with Crippen LogP contribution in [-0.2, 0) is 16.0 Å². The van der Waals surface area contributed by atoms with Gasteiger partial charge in [0.1, 0.15) is 6.61 Å². The number of benzene rings is 2. The van der Waals surface area contributed by atoms with E-state index in [0.29, 0.717) is 6.61 Å². The minimum Gasteiger partial charge on any atom is -0.369 e. The van der Waals surface area contributed by atoms with Gasteiger partial charge in [0.05, 0.1) is 18.3 Å². The van der Waals surface area contributed by atoms with Crippen LogP contribution in [-0.4, -0.2) is 25.2 Å². The Balaban J connectivity index is 1.69. The van der Waals surface area contributed by atoms with E-state index in [1.807, 2.05) is 41.3 Å². The molecule has 1 aliphatic heterocycles. The number of hydrogen-bond acceptors (Lipinski definition) is 3. The fourth-order valence-electron chi connectivity index (χ4n) is 3.31. The Morgan fingerprint density at radius 2 is 1.72 bits per heavy atom. The van der Waals surface area contributed by atoms with E-state index in [0.717, 1.165) is 23.2 Å². The number of amides is 1. The number of carbonyl (C=O) groups excluding carboxylic acids is 1. The van der Waals surface area contributed by atoms with E-state index in [-0.39, 0.29) is 18.6 Å². The monoisotopic (exact) mass is 349 g/mol. The van der Waals surface area contributed by atoms with Crippen LogP contribution in [0.3, 0.4) is 0 Å². The molecular weight excluding hydrogens is 330 g/mol. The van der Waals surface area contributed by atoms with Gasteiger partial charge in [-0.1, -0.05) is 60.7 Å². The summed E-state index contributed by atoms with van der Waals surface area (Å²) in [6.45, 7) is 0.708. The summed E-state index contributed by atoms with van der Waals surface area (Å²) in [6.07, 6.45) is 0.788. The molecule has 2 heterocycles. The van der Waals surface area contributed by atoms with Gasteiger partial charge in [-0.15, -0.1) is 11.3 Å². The predicted molar refractivity (Wildman–Crippen MR) is 102 cm³/mol. The molecule has 1 atom stereocenters. The Labute approximate surface area is 151 Å². The molecule has 0 bridgehead atoms. The van der Waals surface area contributed by atoms with E-state index in [1.165, 1.54) is 5.56 Å². The zero-order valence-corrected chi connectivity index (χ0v) is 14.6. The Kier molecular flexibility index (Phi) is 4.63. The maximum absolute atomic E-state index is 12.7. The lowest BCUT2D eigenvalue weighted by Gasteiger charge is -2.36. The van der Waals surface area contributed by atoms with Crippen LogP contribution < -0.4 is 4.90 Å². The van der Waals surface area contributed by atoms with Crippen molar-refractivity contribution in [3.05, 3.63) is 77.0 Å². The molecule has 0 radical (unpaired) electrons. The number of ether oxygens (including phenoxy) is 1. The van der Waals surface area contributed by atoms with Gasteiger partial charge < -0.3 is 9.64 Å². The van der Waals surface area contributed by atoms with Crippen molar-refractivity contribution in [3.8, 4) is 11.1 Å². The first-order valence-corrected chi connectivity index (χ1v) is 9.32. The van der Waals surface area contributed by atoms with E-state index < -0.39 is 0 Å². The molecule has 1 fully saturated rings. The topological polar surface area (TPSA) is 29.5 Å². The van der Waals surface area contributed by atoms with Gasteiger partial charge in [0.15, 0.2) is 0 Å². The number of anilines is 1. The molecule has 0 N–H and O–H groups in total. The molecule has 1 amide bonds. The highest BCUT2D eigenvalue weighted by Crippen LogP contribution is 2.36. The standard InChI is InChI=1S/C21H19NO2S/c23-21-13-24-12-18(11-16-7-3-1-4-8-16)22(21)20-15-25-14-19(20)17-9-5-2-6-10-17/h1-10,14-15,18H,11-13H2. The number of nitrogens with zero attached hydrogens (tertiary/aromatic N) is 1. The molecule has 2 aromatic carbocycles. The average molecular weight is 349 g/mol. The largest absolute Gasteiger partial charge is 0.369 e. The molecule has 1 saturated heterocycles. The zero-order valence-electron chi connectivity index (χ0n) is 13.8. The lowest BCUT2D eigenvalue weighted by molar-refractivity contribution is -0.127. The quantitative estimate of drug-likeness (QED) is 0.699. The van der Waals surface area contributed by atoms with Crippen LogP contribution >= 0.6 is 11.3 Å². The van der Waals surface area contributed by atoms with Gasteiger partial charge >= 0.3 is 0 Å². The molecule has 3 aromatic rings. The Morgan fingerprint density at radius 1 is 1.00 bits per heavy atom. The first-order chi connectivity index (χ1) is 12.3. The normalized spacial score (nSPS) is 17.7. The molecule has 4 heteroatoms. The van der Waals surface area contributed by atoms with Crippen molar-refractivity contribution in [3.63, 3.8) is 0 Å². The molecule has 3 nitrogen and oxygen atoms in total. The van der Waals surface area contributed by atoms with Crippen LogP contribution in [0.4, 0.5) is 5.69 Å². The molecule has 1 aromatic heterocycles. The van der Waals surface area contributed by atoms with Gasteiger partial charge in [-0.05, 0) is 17.5 Å². The number of rotatable bonds is 4. The molecule has 126 valence electrons. The van der Waals surface area contributed by atoms with Crippen molar-refractivity contribution >= 4 is 22.9 Å².